The third kappa shape index (κ3) is 4.44. The summed E-state index contributed by atoms with van der Waals surface area (Å²) in [6.45, 7) is 6.84. The summed E-state index contributed by atoms with van der Waals surface area (Å²) in [7, 11) is 0. The minimum absolute atomic E-state index is 0.230. The Morgan fingerprint density at radius 1 is 1.37 bits per heavy atom. The van der Waals surface area contributed by atoms with Gasteiger partial charge in [-0.1, -0.05) is 0 Å². The molecule has 5 heteroatoms. The Morgan fingerprint density at radius 2 is 2.11 bits per heavy atom. The van der Waals surface area contributed by atoms with Gasteiger partial charge in [-0.15, -0.1) is 0 Å². The number of nitrogens with zero attached hydrogens (tertiary/aromatic N) is 2. The van der Waals surface area contributed by atoms with Crippen molar-refractivity contribution in [1.29, 1.82) is 0 Å². The molecule has 110 valence electrons. The summed E-state index contributed by atoms with van der Waals surface area (Å²) in [6, 6.07) is 0.320. The summed E-state index contributed by atoms with van der Waals surface area (Å²) < 4.78 is 5.62. The predicted octanol–water partition coefficient (Wildman–Crippen LogP) is 0.437. The van der Waals surface area contributed by atoms with Gasteiger partial charge in [0.15, 0.2) is 0 Å². The molecule has 0 aromatic heterocycles. The summed E-state index contributed by atoms with van der Waals surface area (Å²) in [6.07, 6.45) is 4.47. The first-order chi connectivity index (χ1) is 9.19. The van der Waals surface area contributed by atoms with Gasteiger partial charge in [-0.05, 0) is 32.6 Å². The van der Waals surface area contributed by atoms with Crippen LogP contribution < -0.4 is 5.73 Å². The van der Waals surface area contributed by atoms with Gasteiger partial charge in [0.05, 0.1) is 12.6 Å². The van der Waals surface area contributed by atoms with Crippen molar-refractivity contribution in [3.05, 3.63) is 0 Å². The largest absolute Gasteiger partial charge is 0.376 e. The molecule has 2 fully saturated rings. The van der Waals surface area contributed by atoms with E-state index in [0.717, 1.165) is 58.5 Å². The van der Waals surface area contributed by atoms with E-state index in [-0.39, 0.29) is 12.0 Å². The van der Waals surface area contributed by atoms with E-state index in [2.05, 4.69) is 4.90 Å². The molecular formula is C14H27N3O2. The molecule has 2 aliphatic rings. The van der Waals surface area contributed by atoms with Gasteiger partial charge >= 0.3 is 0 Å². The van der Waals surface area contributed by atoms with E-state index in [4.69, 9.17) is 10.5 Å². The zero-order valence-corrected chi connectivity index (χ0v) is 12.0. The fraction of sp³-hybridized carbons (Fsp3) is 0.929. The minimum atomic E-state index is 0.230. The van der Waals surface area contributed by atoms with Crippen molar-refractivity contribution in [3.63, 3.8) is 0 Å². The smallest absolute Gasteiger partial charge is 0.236 e. The molecule has 2 heterocycles. The summed E-state index contributed by atoms with van der Waals surface area (Å²) in [4.78, 5) is 16.5. The van der Waals surface area contributed by atoms with Gasteiger partial charge in [0.1, 0.15) is 0 Å². The average molecular weight is 269 g/mol. The summed E-state index contributed by atoms with van der Waals surface area (Å²) in [5.41, 5.74) is 5.88. The maximum absolute atomic E-state index is 12.3. The first-order valence-corrected chi connectivity index (χ1v) is 7.56. The highest BCUT2D eigenvalue weighted by atomic mass is 16.5. The standard InChI is InChI=1S/C14H27N3O2/c1-2-17(10-13-4-3-9-19-13)14(18)11-16-7-5-12(15)6-8-16/h12-13H,2-11,15H2,1H3. The zero-order chi connectivity index (χ0) is 13.7. The molecule has 0 radical (unpaired) electrons. The highest BCUT2D eigenvalue weighted by Crippen LogP contribution is 2.14. The lowest BCUT2D eigenvalue weighted by Crippen LogP contribution is -2.47. The van der Waals surface area contributed by atoms with E-state index in [1.807, 2.05) is 11.8 Å². The number of hydrogen-bond donors (Lipinski definition) is 1. The molecule has 2 rings (SSSR count). The molecule has 0 aromatic rings. The first-order valence-electron chi connectivity index (χ1n) is 7.56. The monoisotopic (exact) mass is 269 g/mol. The molecule has 2 aliphatic heterocycles. The number of hydrogen-bond acceptors (Lipinski definition) is 4. The second kappa shape index (κ2) is 7.22. The summed E-state index contributed by atoms with van der Waals surface area (Å²) in [5.74, 6) is 0.230. The molecule has 2 N–H and O–H groups in total. The van der Waals surface area contributed by atoms with Crippen LogP contribution >= 0.6 is 0 Å². The predicted molar refractivity (Wildman–Crippen MR) is 74.9 cm³/mol. The fourth-order valence-electron chi connectivity index (χ4n) is 2.84. The lowest BCUT2D eigenvalue weighted by molar-refractivity contribution is -0.134. The fourth-order valence-corrected chi connectivity index (χ4v) is 2.84. The molecule has 0 aromatic carbocycles. The number of likely N-dealkylation sites (N-methyl/N-ethyl adjacent to an activating group) is 1. The van der Waals surface area contributed by atoms with Crippen LogP contribution in [0.1, 0.15) is 32.6 Å². The SMILES string of the molecule is CCN(CC1CCCO1)C(=O)CN1CCC(N)CC1. The van der Waals surface area contributed by atoms with Crippen molar-refractivity contribution in [3.8, 4) is 0 Å². The third-order valence-electron chi connectivity index (χ3n) is 4.17. The van der Waals surface area contributed by atoms with Crippen molar-refractivity contribution in [2.75, 3.05) is 39.3 Å². The number of rotatable bonds is 5. The number of ether oxygens (including phenoxy) is 1. The van der Waals surface area contributed by atoms with E-state index >= 15 is 0 Å². The van der Waals surface area contributed by atoms with Crippen LogP contribution in [0.4, 0.5) is 0 Å². The van der Waals surface area contributed by atoms with Crippen molar-refractivity contribution in [1.82, 2.24) is 9.80 Å². The number of amides is 1. The maximum Gasteiger partial charge on any atom is 0.236 e. The second-order valence-electron chi connectivity index (χ2n) is 5.68. The van der Waals surface area contributed by atoms with E-state index in [1.54, 1.807) is 0 Å². The highest BCUT2D eigenvalue weighted by Gasteiger charge is 2.24. The van der Waals surface area contributed by atoms with Gasteiger partial charge in [-0.25, -0.2) is 0 Å². The van der Waals surface area contributed by atoms with Crippen molar-refractivity contribution < 1.29 is 9.53 Å². The molecular weight excluding hydrogens is 242 g/mol. The topological polar surface area (TPSA) is 58.8 Å². The Labute approximate surface area is 116 Å². The lowest BCUT2D eigenvalue weighted by atomic mass is 10.1. The van der Waals surface area contributed by atoms with E-state index in [1.165, 1.54) is 0 Å². The Balaban J connectivity index is 1.76. The molecule has 0 spiro atoms. The van der Waals surface area contributed by atoms with Gasteiger partial charge < -0.3 is 15.4 Å². The summed E-state index contributed by atoms with van der Waals surface area (Å²) >= 11 is 0. The Bertz CT molecular complexity index is 284. The Hall–Kier alpha value is -0.650. The normalized spacial score (nSPS) is 25.7. The van der Waals surface area contributed by atoms with Crippen LogP contribution in [0.5, 0.6) is 0 Å². The van der Waals surface area contributed by atoms with Crippen molar-refractivity contribution in [2.24, 2.45) is 5.73 Å². The molecule has 0 aliphatic carbocycles. The molecule has 1 atom stereocenters. The quantitative estimate of drug-likeness (QED) is 0.786. The van der Waals surface area contributed by atoms with Crippen LogP contribution in [0.15, 0.2) is 0 Å². The number of likely N-dealkylation sites (tertiary alicyclic amines) is 1. The van der Waals surface area contributed by atoms with Crippen LogP contribution in [-0.2, 0) is 9.53 Å². The van der Waals surface area contributed by atoms with Crippen LogP contribution in [0.25, 0.3) is 0 Å². The minimum Gasteiger partial charge on any atom is -0.376 e. The van der Waals surface area contributed by atoms with E-state index in [9.17, 15) is 4.79 Å². The Morgan fingerprint density at radius 3 is 2.68 bits per heavy atom. The van der Waals surface area contributed by atoms with Crippen LogP contribution in [-0.4, -0.2) is 67.2 Å². The van der Waals surface area contributed by atoms with E-state index < -0.39 is 0 Å². The third-order valence-corrected chi connectivity index (χ3v) is 4.17. The van der Waals surface area contributed by atoms with Gasteiger partial charge in [0.25, 0.3) is 0 Å². The molecule has 0 saturated carbocycles. The summed E-state index contributed by atoms with van der Waals surface area (Å²) in [5, 5.41) is 0. The maximum atomic E-state index is 12.3. The number of piperidine rings is 1. The average Bonchev–Trinajstić information content (AvgIpc) is 2.91. The molecule has 5 nitrogen and oxygen atoms in total. The van der Waals surface area contributed by atoms with Gasteiger partial charge in [0.2, 0.25) is 5.91 Å². The second-order valence-corrected chi connectivity index (χ2v) is 5.68. The molecule has 1 unspecified atom stereocenters. The lowest BCUT2D eigenvalue weighted by Gasteiger charge is -2.32. The first kappa shape index (κ1) is 14.8. The zero-order valence-electron chi connectivity index (χ0n) is 12.0. The van der Waals surface area contributed by atoms with Gasteiger partial charge in [-0.3, -0.25) is 9.69 Å². The molecule has 1 amide bonds. The van der Waals surface area contributed by atoms with Crippen molar-refractivity contribution in [2.45, 2.75) is 44.8 Å². The Kier molecular flexibility index (Phi) is 5.60. The van der Waals surface area contributed by atoms with Crippen LogP contribution in [0, 0.1) is 0 Å². The van der Waals surface area contributed by atoms with Gasteiger partial charge in [-0.2, -0.15) is 0 Å². The van der Waals surface area contributed by atoms with Crippen molar-refractivity contribution >= 4 is 5.91 Å². The van der Waals surface area contributed by atoms with E-state index in [0.29, 0.717) is 12.6 Å². The molecule has 19 heavy (non-hydrogen) atoms. The van der Waals surface area contributed by atoms with Gasteiger partial charge in [0, 0.05) is 38.8 Å². The number of nitrogens with two attached hydrogens (primary N) is 1. The number of carbonyl (C=O) groups excluding carboxylic acids is 1. The van der Waals surface area contributed by atoms with Crippen LogP contribution in [0.2, 0.25) is 0 Å². The molecule has 0 bridgehead atoms. The van der Waals surface area contributed by atoms with Crippen LogP contribution in [0.3, 0.4) is 0 Å². The molecule has 2 saturated heterocycles. The highest BCUT2D eigenvalue weighted by molar-refractivity contribution is 5.78. The number of carbonyl (C=O) groups is 1.